The monoisotopic (exact) mass is 268 g/mol. The first-order chi connectivity index (χ1) is 8.65. The van der Waals surface area contributed by atoms with Gasteiger partial charge in [-0.3, -0.25) is 4.79 Å². The van der Waals surface area contributed by atoms with Gasteiger partial charge in [-0.1, -0.05) is 13.0 Å². The zero-order valence-electron chi connectivity index (χ0n) is 10.2. The molecule has 0 aliphatic rings. The van der Waals surface area contributed by atoms with Crippen molar-refractivity contribution in [2.75, 3.05) is 18.1 Å². The molecule has 0 bridgehead atoms. The minimum absolute atomic E-state index is 0.121. The SMILES string of the molecule is CCSCCCNC(=O)c1cccc(C(=O)O)n1. The van der Waals surface area contributed by atoms with Crippen molar-refractivity contribution in [1.82, 2.24) is 10.3 Å². The highest BCUT2D eigenvalue weighted by Crippen LogP contribution is 2.01. The van der Waals surface area contributed by atoms with Crippen molar-refractivity contribution in [3.63, 3.8) is 0 Å². The lowest BCUT2D eigenvalue weighted by molar-refractivity contribution is 0.0690. The Hall–Kier alpha value is -1.56. The predicted octanol–water partition coefficient (Wildman–Crippen LogP) is 1.65. The first-order valence-corrected chi connectivity index (χ1v) is 6.87. The van der Waals surface area contributed by atoms with Gasteiger partial charge in [0.05, 0.1) is 0 Å². The molecule has 2 N–H and O–H groups in total. The second-order valence-electron chi connectivity index (χ2n) is 3.52. The molecule has 0 spiro atoms. The second-order valence-corrected chi connectivity index (χ2v) is 4.91. The summed E-state index contributed by atoms with van der Waals surface area (Å²) in [7, 11) is 0. The van der Waals surface area contributed by atoms with E-state index in [0.29, 0.717) is 6.54 Å². The van der Waals surface area contributed by atoms with Crippen molar-refractivity contribution in [2.45, 2.75) is 13.3 Å². The van der Waals surface area contributed by atoms with Crippen molar-refractivity contribution in [2.24, 2.45) is 0 Å². The lowest BCUT2D eigenvalue weighted by Gasteiger charge is -2.04. The minimum Gasteiger partial charge on any atom is -0.477 e. The number of carboxylic acid groups (broad SMARTS) is 1. The Morgan fingerprint density at radius 1 is 1.39 bits per heavy atom. The van der Waals surface area contributed by atoms with Crippen molar-refractivity contribution in [1.29, 1.82) is 0 Å². The molecule has 0 atom stereocenters. The normalized spacial score (nSPS) is 10.1. The predicted molar refractivity (Wildman–Crippen MR) is 71.1 cm³/mol. The topological polar surface area (TPSA) is 79.3 Å². The fourth-order valence-electron chi connectivity index (χ4n) is 1.29. The smallest absolute Gasteiger partial charge is 0.354 e. The molecule has 0 aliphatic heterocycles. The number of aromatic carboxylic acids is 1. The highest BCUT2D eigenvalue weighted by Gasteiger charge is 2.10. The number of aromatic nitrogens is 1. The number of rotatable bonds is 7. The first kappa shape index (κ1) is 14.5. The Labute approximate surface area is 110 Å². The Kier molecular flexibility index (Phi) is 6.21. The molecule has 5 nitrogen and oxygen atoms in total. The summed E-state index contributed by atoms with van der Waals surface area (Å²) in [5.41, 5.74) is 0.0160. The number of hydrogen-bond acceptors (Lipinski definition) is 4. The summed E-state index contributed by atoms with van der Waals surface area (Å²) in [6.07, 6.45) is 0.892. The van der Waals surface area contributed by atoms with Gasteiger partial charge in [0.2, 0.25) is 0 Å². The maximum atomic E-state index is 11.7. The first-order valence-electron chi connectivity index (χ1n) is 5.71. The van der Waals surface area contributed by atoms with Gasteiger partial charge in [-0.15, -0.1) is 0 Å². The van der Waals surface area contributed by atoms with Crippen LogP contribution in [-0.4, -0.2) is 40.0 Å². The van der Waals surface area contributed by atoms with Crippen molar-refractivity contribution >= 4 is 23.6 Å². The number of thioether (sulfide) groups is 1. The van der Waals surface area contributed by atoms with Crippen LogP contribution in [0.5, 0.6) is 0 Å². The molecule has 1 rings (SSSR count). The average molecular weight is 268 g/mol. The summed E-state index contributed by atoms with van der Waals surface area (Å²) in [5, 5.41) is 11.5. The number of carbonyl (C=O) groups is 2. The number of carbonyl (C=O) groups excluding carboxylic acids is 1. The van der Waals surface area contributed by atoms with Crippen molar-refractivity contribution in [3.8, 4) is 0 Å². The van der Waals surface area contributed by atoms with Crippen LogP contribution in [0.4, 0.5) is 0 Å². The van der Waals surface area contributed by atoms with Gasteiger partial charge in [0.1, 0.15) is 11.4 Å². The fraction of sp³-hybridized carbons (Fsp3) is 0.417. The highest BCUT2D eigenvalue weighted by atomic mass is 32.2. The van der Waals surface area contributed by atoms with E-state index >= 15 is 0 Å². The summed E-state index contributed by atoms with van der Waals surface area (Å²) >= 11 is 1.82. The van der Waals surface area contributed by atoms with Crippen LogP contribution in [0.3, 0.4) is 0 Å². The summed E-state index contributed by atoms with van der Waals surface area (Å²) in [4.78, 5) is 26.2. The average Bonchev–Trinajstić information content (AvgIpc) is 2.38. The van der Waals surface area contributed by atoms with Gasteiger partial charge in [0, 0.05) is 6.54 Å². The Balaban J connectivity index is 2.46. The lowest BCUT2D eigenvalue weighted by atomic mass is 10.3. The Bertz CT molecular complexity index is 424. The summed E-state index contributed by atoms with van der Waals surface area (Å²) in [5.74, 6) is 0.596. The molecule has 0 saturated carbocycles. The third-order valence-electron chi connectivity index (χ3n) is 2.16. The van der Waals surface area contributed by atoms with E-state index in [-0.39, 0.29) is 17.3 Å². The molecule has 0 fully saturated rings. The summed E-state index contributed by atoms with van der Waals surface area (Å²) in [6.45, 7) is 2.66. The van der Waals surface area contributed by atoms with Gasteiger partial charge in [-0.2, -0.15) is 11.8 Å². The molecule has 98 valence electrons. The van der Waals surface area contributed by atoms with Crippen LogP contribution in [0, 0.1) is 0 Å². The van der Waals surface area contributed by atoms with E-state index in [2.05, 4.69) is 17.2 Å². The standard InChI is InChI=1S/C12H16N2O3S/c1-2-18-8-4-7-13-11(15)9-5-3-6-10(14-9)12(16)17/h3,5-6H,2,4,7-8H2,1H3,(H,13,15)(H,16,17). The Morgan fingerprint density at radius 2 is 2.11 bits per heavy atom. The van der Waals surface area contributed by atoms with Crippen LogP contribution in [0.25, 0.3) is 0 Å². The zero-order chi connectivity index (χ0) is 13.4. The molecule has 0 saturated heterocycles. The molecule has 1 heterocycles. The van der Waals surface area contributed by atoms with E-state index in [9.17, 15) is 9.59 Å². The van der Waals surface area contributed by atoms with E-state index in [1.807, 2.05) is 11.8 Å². The quantitative estimate of drug-likeness (QED) is 0.735. The zero-order valence-corrected chi connectivity index (χ0v) is 11.0. The lowest BCUT2D eigenvalue weighted by Crippen LogP contribution is -2.26. The van der Waals surface area contributed by atoms with Crippen LogP contribution < -0.4 is 5.32 Å². The van der Waals surface area contributed by atoms with Crippen LogP contribution in [0.15, 0.2) is 18.2 Å². The Morgan fingerprint density at radius 3 is 2.78 bits per heavy atom. The van der Waals surface area contributed by atoms with Crippen LogP contribution in [0.2, 0.25) is 0 Å². The molecule has 1 aromatic rings. The van der Waals surface area contributed by atoms with Gasteiger partial charge in [0.15, 0.2) is 0 Å². The molecule has 18 heavy (non-hydrogen) atoms. The largest absolute Gasteiger partial charge is 0.477 e. The van der Waals surface area contributed by atoms with E-state index in [1.165, 1.54) is 18.2 Å². The van der Waals surface area contributed by atoms with Crippen molar-refractivity contribution < 1.29 is 14.7 Å². The van der Waals surface area contributed by atoms with E-state index in [1.54, 1.807) is 0 Å². The summed E-state index contributed by atoms with van der Waals surface area (Å²) < 4.78 is 0. The van der Waals surface area contributed by atoms with Crippen LogP contribution in [-0.2, 0) is 0 Å². The van der Waals surface area contributed by atoms with Gasteiger partial charge in [-0.05, 0) is 30.1 Å². The fourth-order valence-corrected chi connectivity index (χ4v) is 1.93. The van der Waals surface area contributed by atoms with Gasteiger partial charge < -0.3 is 10.4 Å². The number of nitrogens with one attached hydrogen (secondary N) is 1. The maximum absolute atomic E-state index is 11.7. The second kappa shape index (κ2) is 7.71. The van der Waals surface area contributed by atoms with E-state index in [4.69, 9.17) is 5.11 Å². The minimum atomic E-state index is -1.14. The number of pyridine rings is 1. The highest BCUT2D eigenvalue weighted by molar-refractivity contribution is 7.99. The number of amides is 1. The number of carboxylic acids is 1. The molecule has 0 unspecified atom stereocenters. The van der Waals surface area contributed by atoms with Crippen LogP contribution >= 0.6 is 11.8 Å². The maximum Gasteiger partial charge on any atom is 0.354 e. The molecular weight excluding hydrogens is 252 g/mol. The molecule has 0 aromatic carbocycles. The van der Waals surface area contributed by atoms with Crippen molar-refractivity contribution in [3.05, 3.63) is 29.6 Å². The molecule has 1 amide bonds. The third-order valence-corrected chi connectivity index (χ3v) is 3.14. The van der Waals surface area contributed by atoms with E-state index < -0.39 is 5.97 Å². The number of nitrogens with zero attached hydrogens (tertiary/aromatic N) is 1. The van der Waals surface area contributed by atoms with Gasteiger partial charge >= 0.3 is 5.97 Å². The van der Waals surface area contributed by atoms with Gasteiger partial charge in [-0.25, -0.2) is 9.78 Å². The van der Waals surface area contributed by atoms with Crippen LogP contribution in [0.1, 0.15) is 34.3 Å². The molecule has 0 radical (unpaired) electrons. The number of hydrogen-bond donors (Lipinski definition) is 2. The molecular formula is C12H16N2O3S. The summed E-state index contributed by atoms with van der Waals surface area (Å²) in [6, 6.07) is 4.37. The molecule has 1 aromatic heterocycles. The third kappa shape index (κ3) is 4.75. The van der Waals surface area contributed by atoms with E-state index in [0.717, 1.165) is 17.9 Å². The molecule has 6 heteroatoms. The molecule has 0 aliphatic carbocycles. The van der Waals surface area contributed by atoms with Gasteiger partial charge in [0.25, 0.3) is 5.91 Å².